The van der Waals surface area contributed by atoms with E-state index in [9.17, 15) is 29.7 Å². The average Bonchev–Trinajstić information content (AvgIpc) is 2.77. The van der Waals surface area contributed by atoms with Gasteiger partial charge in [-0.2, -0.15) is 0 Å². The number of allylic oxidation sites excluding steroid dienone is 2. The predicted octanol–water partition coefficient (Wildman–Crippen LogP) is 2.17. The molecule has 32 heavy (non-hydrogen) atoms. The van der Waals surface area contributed by atoms with E-state index in [4.69, 9.17) is 4.74 Å². The summed E-state index contributed by atoms with van der Waals surface area (Å²) < 4.78 is 5.02. The smallest absolute Gasteiger partial charge is 0.240 e. The highest BCUT2D eigenvalue weighted by Crippen LogP contribution is 2.27. The third-order valence-corrected chi connectivity index (χ3v) is 4.61. The number of phenols is 2. The van der Waals surface area contributed by atoms with Crippen LogP contribution < -0.4 is 4.74 Å². The highest BCUT2D eigenvalue weighted by atomic mass is 16.5. The summed E-state index contributed by atoms with van der Waals surface area (Å²) in [6, 6.07) is 8.85. The maximum absolute atomic E-state index is 12.7. The van der Waals surface area contributed by atoms with Gasteiger partial charge in [0, 0.05) is 19.7 Å². The van der Waals surface area contributed by atoms with Crippen molar-refractivity contribution < 1.29 is 34.4 Å². The van der Waals surface area contributed by atoms with Crippen molar-refractivity contribution in [2.45, 2.75) is 6.61 Å². The van der Waals surface area contributed by atoms with E-state index in [2.05, 4.69) is 0 Å². The molecule has 0 saturated heterocycles. The van der Waals surface area contributed by atoms with E-state index in [1.807, 2.05) is 0 Å². The Bertz CT molecular complexity index is 995. The molecule has 0 fully saturated rings. The van der Waals surface area contributed by atoms with Crippen molar-refractivity contribution in [3.63, 3.8) is 0 Å². The minimum atomic E-state index is -1.56. The summed E-state index contributed by atoms with van der Waals surface area (Å²) in [6.45, 7) is -0.380. The number of ketones is 2. The molecule has 0 bridgehead atoms. The topological polar surface area (TPSA) is 124 Å². The van der Waals surface area contributed by atoms with Crippen molar-refractivity contribution >= 4 is 29.6 Å². The molecule has 2 rings (SSSR count). The van der Waals surface area contributed by atoms with E-state index >= 15 is 0 Å². The fourth-order valence-electron chi connectivity index (χ4n) is 2.82. The Hall–Kier alpha value is -3.91. The van der Waals surface area contributed by atoms with Crippen LogP contribution in [0.4, 0.5) is 0 Å². The van der Waals surface area contributed by atoms with Crippen LogP contribution in [-0.4, -0.2) is 58.9 Å². The average molecular weight is 439 g/mol. The molecule has 0 saturated carbocycles. The largest absolute Gasteiger partial charge is 0.508 e. The summed E-state index contributed by atoms with van der Waals surface area (Å²) in [5.41, 5.74) is 1.33. The van der Waals surface area contributed by atoms with Crippen LogP contribution in [0.1, 0.15) is 16.7 Å². The number of phenolic OH excluding ortho intramolecular Hbond substituents is 1. The van der Waals surface area contributed by atoms with E-state index in [1.54, 1.807) is 6.07 Å². The van der Waals surface area contributed by atoms with E-state index in [-0.39, 0.29) is 29.4 Å². The van der Waals surface area contributed by atoms with Crippen LogP contribution in [0.5, 0.6) is 17.2 Å². The predicted molar refractivity (Wildman–Crippen MR) is 119 cm³/mol. The lowest BCUT2D eigenvalue weighted by atomic mass is 9.95. The number of hydrogen-bond donors (Lipinski definition) is 3. The molecule has 0 spiro atoms. The summed E-state index contributed by atoms with van der Waals surface area (Å²) in [5.74, 6) is -3.56. The Kier molecular flexibility index (Phi) is 8.31. The fourth-order valence-corrected chi connectivity index (χ4v) is 2.82. The minimum absolute atomic E-state index is 0.0597. The van der Waals surface area contributed by atoms with Gasteiger partial charge in [0.25, 0.3) is 0 Å². The van der Waals surface area contributed by atoms with E-state index < -0.39 is 23.4 Å². The van der Waals surface area contributed by atoms with Crippen molar-refractivity contribution in [3.05, 3.63) is 65.2 Å². The number of hydrogen-bond acceptors (Lipinski definition) is 7. The SMILES string of the molecule is COc1cc(C=CC(=O)C(C(=O)C=Cc2ccc(O)c(CO)c2)C(=O)N(C)C)ccc1O. The third kappa shape index (κ3) is 6.05. The molecule has 1 amide bonds. The molecule has 0 radical (unpaired) electrons. The second-order valence-corrected chi connectivity index (χ2v) is 7.11. The van der Waals surface area contributed by atoms with E-state index in [1.165, 1.54) is 63.7 Å². The molecule has 0 aliphatic carbocycles. The van der Waals surface area contributed by atoms with Gasteiger partial charge in [0.2, 0.25) is 5.91 Å². The monoisotopic (exact) mass is 439 g/mol. The number of carbonyl (C=O) groups excluding carboxylic acids is 3. The normalized spacial score (nSPS) is 12.1. The van der Waals surface area contributed by atoms with Gasteiger partial charge in [0.05, 0.1) is 13.7 Å². The molecule has 0 aliphatic heterocycles. The number of rotatable bonds is 9. The van der Waals surface area contributed by atoms with Crippen LogP contribution >= 0.6 is 0 Å². The first-order chi connectivity index (χ1) is 15.2. The quantitative estimate of drug-likeness (QED) is 0.404. The zero-order chi connectivity index (χ0) is 23.8. The summed E-state index contributed by atoms with van der Waals surface area (Å²) in [6.07, 6.45) is 5.08. The number of ether oxygens (including phenoxy) is 1. The van der Waals surface area contributed by atoms with Crippen LogP contribution in [0.25, 0.3) is 12.2 Å². The number of aromatic hydroxyl groups is 2. The van der Waals surface area contributed by atoms with Gasteiger partial charge in [-0.15, -0.1) is 0 Å². The molecule has 0 aromatic heterocycles. The van der Waals surface area contributed by atoms with E-state index in [0.717, 1.165) is 17.1 Å². The second-order valence-electron chi connectivity index (χ2n) is 7.11. The molecule has 8 heteroatoms. The molecular formula is C24H25NO7. The lowest BCUT2D eigenvalue weighted by Gasteiger charge is -2.16. The number of nitrogens with zero attached hydrogens (tertiary/aromatic N) is 1. The zero-order valence-electron chi connectivity index (χ0n) is 18.0. The zero-order valence-corrected chi connectivity index (χ0v) is 18.0. The Morgan fingerprint density at radius 1 is 0.938 bits per heavy atom. The van der Waals surface area contributed by atoms with Crippen molar-refractivity contribution in [1.29, 1.82) is 0 Å². The van der Waals surface area contributed by atoms with Gasteiger partial charge in [-0.05, 0) is 47.5 Å². The van der Waals surface area contributed by atoms with Crippen molar-refractivity contribution in [1.82, 2.24) is 4.90 Å². The number of aliphatic hydroxyl groups excluding tert-OH is 1. The van der Waals surface area contributed by atoms with Crippen LogP contribution in [0.2, 0.25) is 0 Å². The fraction of sp³-hybridized carbons (Fsp3) is 0.208. The van der Waals surface area contributed by atoms with Crippen LogP contribution in [0, 0.1) is 5.92 Å². The molecule has 8 nitrogen and oxygen atoms in total. The van der Waals surface area contributed by atoms with Crippen molar-refractivity contribution in [3.8, 4) is 17.2 Å². The van der Waals surface area contributed by atoms with Crippen LogP contribution in [0.3, 0.4) is 0 Å². The lowest BCUT2D eigenvalue weighted by molar-refractivity contribution is -0.142. The van der Waals surface area contributed by atoms with E-state index in [0.29, 0.717) is 11.1 Å². The van der Waals surface area contributed by atoms with Crippen molar-refractivity contribution in [2.24, 2.45) is 5.92 Å². The Morgan fingerprint density at radius 2 is 1.47 bits per heavy atom. The number of carbonyl (C=O) groups is 3. The molecule has 1 unspecified atom stereocenters. The summed E-state index contributed by atoms with van der Waals surface area (Å²) in [7, 11) is 4.28. The van der Waals surface area contributed by atoms with Gasteiger partial charge in [-0.3, -0.25) is 14.4 Å². The molecule has 3 N–H and O–H groups in total. The maximum Gasteiger partial charge on any atom is 0.240 e. The first-order valence-corrected chi connectivity index (χ1v) is 9.62. The van der Waals surface area contributed by atoms with Gasteiger partial charge in [-0.1, -0.05) is 24.3 Å². The lowest BCUT2D eigenvalue weighted by Crippen LogP contribution is -2.38. The number of aliphatic hydroxyl groups is 1. The number of methoxy groups -OCH3 is 1. The maximum atomic E-state index is 12.7. The first-order valence-electron chi connectivity index (χ1n) is 9.62. The molecular weight excluding hydrogens is 414 g/mol. The highest BCUT2D eigenvalue weighted by molar-refractivity contribution is 6.25. The minimum Gasteiger partial charge on any atom is -0.508 e. The summed E-state index contributed by atoms with van der Waals surface area (Å²) in [5, 5.41) is 28.5. The van der Waals surface area contributed by atoms with Gasteiger partial charge < -0.3 is 25.0 Å². The highest BCUT2D eigenvalue weighted by Gasteiger charge is 2.32. The summed E-state index contributed by atoms with van der Waals surface area (Å²) >= 11 is 0. The molecule has 168 valence electrons. The Labute approximate surface area is 185 Å². The second kappa shape index (κ2) is 10.9. The summed E-state index contributed by atoms with van der Waals surface area (Å²) in [4.78, 5) is 39.2. The van der Waals surface area contributed by atoms with Gasteiger partial charge in [-0.25, -0.2) is 0 Å². The first kappa shape index (κ1) is 24.4. The molecule has 2 aromatic rings. The Morgan fingerprint density at radius 3 is 1.97 bits per heavy atom. The molecule has 0 heterocycles. The van der Waals surface area contributed by atoms with Crippen LogP contribution in [0.15, 0.2) is 48.6 Å². The number of amides is 1. The van der Waals surface area contributed by atoms with Gasteiger partial charge in [0.15, 0.2) is 29.0 Å². The molecule has 2 aromatic carbocycles. The third-order valence-electron chi connectivity index (χ3n) is 4.61. The van der Waals surface area contributed by atoms with Gasteiger partial charge in [0.1, 0.15) is 5.75 Å². The van der Waals surface area contributed by atoms with Gasteiger partial charge >= 0.3 is 0 Å². The molecule has 0 aliphatic rings. The Balaban J connectivity index is 2.27. The van der Waals surface area contributed by atoms with Crippen molar-refractivity contribution in [2.75, 3.05) is 21.2 Å². The number of benzene rings is 2. The molecule has 1 atom stereocenters. The van der Waals surface area contributed by atoms with Crippen LogP contribution in [-0.2, 0) is 21.0 Å². The standard InChI is InChI=1S/C24H25NO7/c1-25(2)24(31)23(20(29)10-6-15-4-8-18(27)17(12-15)14-26)21(30)11-7-16-5-9-19(28)22(13-16)32-3/h4-13,23,26-28H,14H2,1-3H3.